The quantitative estimate of drug-likeness (QED) is 0.143. The largest absolute Gasteiger partial charge is 0.466 e. The maximum Gasteiger partial charge on any atom is 0.305 e. The molecule has 31 heavy (non-hydrogen) atoms. The predicted octanol–water partition coefficient (Wildman–Crippen LogP) is 9.38. The van der Waals surface area contributed by atoms with Crippen molar-refractivity contribution in [3.05, 3.63) is 35.9 Å². The van der Waals surface area contributed by atoms with Gasteiger partial charge in [-0.3, -0.25) is 4.79 Å². The summed E-state index contributed by atoms with van der Waals surface area (Å²) in [6.07, 6.45) is 22.4. The summed E-state index contributed by atoms with van der Waals surface area (Å²) in [4.78, 5) is 12.1. The van der Waals surface area contributed by atoms with Crippen molar-refractivity contribution < 1.29 is 9.53 Å². The predicted molar refractivity (Wildman–Crippen MR) is 135 cm³/mol. The standard InChI is InChI=1S/C29H50O2/c1-3-5-7-8-9-10-11-12-13-14-15-16-20-24-29(30)31-26-25-28(21-6-4-2)27-22-18-17-19-23-27/h17-19,22-23,28H,3-16,20-21,24-26H2,1-2H3. The minimum absolute atomic E-state index is 0.00891. The molecule has 0 bridgehead atoms. The van der Waals surface area contributed by atoms with Gasteiger partial charge in [0.2, 0.25) is 0 Å². The van der Waals surface area contributed by atoms with Crippen molar-refractivity contribution in [3.8, 4) is 0 Å². The molecule has 0 radical (unpaired) electrons. The van der Waals surface area contributed by atoms with E-state index in [9.17, 15) is 4.79 Å². The molecule has 2 heteroatoms. The molecule has 0 aromatic heterocycles. The summed E-state index contributed by atoms with van der Waals surface area (Å²) in [6.45, 7) is 5.07. The molecule has 0 amide bonds. The van der Waals surface area contributed by atoms with Crippen molar-refractivity contribution in [2.45, 2.75) is 135 Å². The zero-order valence-electron chi connectivity index (χ0n) is 20.7. The Morgan fingerprint density at radius 1 is 0.677 bits per heavy atom. The summed E-state index contributed by atoms with van der Waals surface area (Å²) >= 11 is 0. The molecule has 1 rings (SSSR count). The van der Waals surface area contributed by atoms with Crippen molar-refractivity contribution in [3.63, 3.8) is 0 Å². The topological polar surface area (TPSA) is 26.3 Å². The van der Waals surface area contributed by atoms with E-state index in [1.54, 1.807) is 0 Å². The Kier molecular flexibility index (Phi) is 18.4. The van der Waals surface area contributed by atoms with E-state index in [2.05, 4.69) is 44.2 Å². The lowest BCUT2D eigenvalue weighted by molar-refractivity contribution is -0.144. The first-order chi connectivity index (χ1) is 15.3. The number of ether oxygens (including phenoxy) is 1. The summed E-state index contributed by atoms with van der Waals surface area (Å²) in [7, 11) is 0. The molecule has 1 aromatic rings. The van der Waals surface area contributed by atoms with Crippen LogP contribution in [0.2, 0.25) is 0 Å². The zero-order valence-corrected chi connectivity index (χ0v) is 20.7. The molecule has 0 aliphatic rings. The molecule has 178 valence electrons. The molecule has 1 atom stereocenters. The molecule has 0 heterocycles. The van der Waals surface area contributed by atoms with Crippen LogP contribution in [0.4, 0.5) is 0 Å². The van der Waals surface area contributed by atoms with Gasteiger partial charge in [-0.25, -0.2) is 0 Å². The van der Waals surface area contributed by atoms with E-state index >= 15 is 0 Å². The highest BCUT2D eigenvalue weighted by Gasteiger charge is 2.12. The molecular weight excluding hydrogens is 380 g/mol. The van der Waals surface area contributed by atoms with Crippen LogP contribution in [-0.4, -0.2) is 12.6 Å². The highest BCUT2D eigenvalue weighted by molar-refractivity contribution is 5.69. The van der Waals surface area contributed by atoms with Crippen LogP contribution in [0.25, 0.3) is 0 Å². The molecule has 0 spiro atoms. The van der Waals surface area contributed by atoms with Crippen LogP contribution in [0.5, 0.6) is 0 Å². The third-order valence-electron chi connectivity index (χ3n) is 6.39. The van der Waals surface area contributed by atoms with Gasteiger partial charge in [0.05, 0.1) is 6.61 Å². The summed E-state index contributed by atoms with van der Waals surface area (Å²) < 4.78 is 5.54. The molecule has 0 fully saturated rings. The highest BCUT2D eigenvalue weighted by atomic mass is 16.5. The van der Waals surface area contributed by atoms with Gasteiger partial charge in [0.25, 0.3) is 0 Å². The molecular formula is C29H50O2. The fourth-order valence-corrected chi connectivity index (χ4v) is 4.33. The van der Waals surface area contributed by atoms with Gasteiger partial charge in [-0.05, 0) is 30.7 Å². The second kappa shape index (κ2) is 20.6. The number of unbranched alkanes of at least 4 members (excludes halogenated alkanes) is 13. The van der Waals surface area contributed by atoms with Gasteiger partial charge in [-0.1, -0.05) is 134 Å². The van der Waals surface area contributed by atoms with E-state index < -0.39 is 0 Å². The Bertz CT molecular complexity index is 511. The maximum atomic E-state index is 12.1. The Morgan fingerprint density at radius 2 is 1.19 bits per heavy atom. The second-order valence-electron chi connectivity index (χ2n) is 9.25. The first-order valence-electron chi connectivity index (χ1n) is 13.5. The minimum Gasteiger partial charge on any atom is -0.466 e. The molecule has 1 aromatic carbocycles. The first-order valence-corrected chi connectivity index (χ1v) is 13.5. The second-order valence-corrected chi connectivity index (χ2v) is 9.25. The van der Waals surface area contributed by atoms with Gasteiger partial charge in [0, 0.05) is 6.42 Å². The summed E-state index contributed by atoms with van der Waals surface area (Å²) in [5.74, 6) is 0.496. The van der Waals surface area contributed by atoms with E-state index in [0.29, 0.717) is 18.9 Å². The van der Waals surface area contributed by atoms with Crippen LogP contribution in [-0.2, 0) is 9.53 Å². The van der Waals surface area contributed by atoms with Crippen LogP contribution >= 0.6 is 0 Å². The van der Waals surface area contributed by atoms with Gasteiger partial charge in [0.15, 0.2) is 0 Å². The number of hydrogen-bond donors (Lipinski definition) is 0. The van der Waals surface area contributed by atoms with E-state index in [0.717, 1.165) is 19.3 Å². The van der Waals surface area contributed by atoms with E-state index in [1.807, 2.05) is 0 Å². The Hall–Kier alpha value is -1.31. The molecule has 0 N–H and O–H groups in total. The Labute approximate surface area is 193 Å². The van der Waals surface area contributed by atoms with Crippen LogP contribution < -0.4 is 0 Å². The minimum atomic E-state index is -0.00891. The average molecular weight is 431 g/mol. The fourth-order valence-electron chi connectivity index (χ4n) is 4.33. The number of hydrogen-bond acceptors (Lipinski definition) is 2. The Morgan fingerprint density at radius 3 is 1.74 bits per heavy atom. The number of carbonyl (C=O) groups is 1. The zero-order chi connectivity index (χ0) is 22.4. The van der Waals surface area contributed by atoms with Crippen molar-refractivity contribution in [1.82, 2.24) is 0 Å². The molecule has 0 aliphatic carbocycles. The van der Waals surface area contributed by atoms with E-state index in [4.69, 9.17) is 4.74 Å². The van der Waals surface area contributed by atoms with Crippen molar-refractivity contribution >= 4 is 5.97 Å². The number of rotatable bonds is 21. The van der Waals surface area contributed by atoms with Crippen LogP contribution in [0.1, 0.15) is 141 Å². The summed E-state index contributed by atoms with van der Waals surface area (Å²) in [5.41, 5.74) is 1.38. The molecule has 0 saturated heterocycles. The van der Waals surface area contributed by atoms with Crippen molar-refractivity contribution in [2.24, 2.45) is 0 Å². The van der Waals surface area contributed by atoms with Crippen LogP contribution in [0.3, 0.4) is 0 Å². The van der Waals surface area contributed by atoms with Gasteiger partial charge >= 0.3 is 5.97 Å². The highest BCUT2D eigenvalue weighted by Crippen LogP contribution is 2.25. The Balaban J connectivity index is 1.97. The number of benzene rings is 1. The van der Waals surface area contributed by atoms with Crippen LogP contribution in [0.15, 0.2) is 30.3 Å². The maximum absolute atomic E-state index is 12.1. The third kappa shape index (κ3) is 16.0. The van der Waals surface area contributed by atoms with Gasteiger partial charge < -0.3 is 4.74 Å². The van der Waals surface area contributed by atoms with Crippen molar-refractivity contribution in [2.75, 3.05) is 6.61 Å². The normalized spacial score (nSPS) is 12.1. The SMILES string of the molecule is CCCCCCCCCCCCCCCC(=O)OCCC(CCCC)c1ccccc1. The molecule has 0 aliphatic heterocycles. The van der Waals surface area contributed by atoms with Gasteiger partial charge in [0.1, 0.15) is 0 Å². The van der Waals surface area contributed by atoms with E-state index in [-0.39, 0.29) is 5.97 Å². The third-order valence-corrected chi connectivity index (χ3v) is 6.39. The monoisotopic (exact) mass is 430 g/mol. The van der Waals surface area contributed by atoms with Gasteiger partial charge in [-0.15, -0.1) is 0 Å². The summed E-state index contributed by atoms with van der Waals surface area (Å²) in [6, 6.07) is 10.7. The first kappa shape index (κ1) is 27.7. The number of carbonyl (C=O) groups excluding carboxylic acids is 1. The number of esters is 1. The lowest BCUT2D eigenvalue weighted by Gasteiger charge is -2.17. The van der Waals surface area contributed by atoms with Crippen LogP contribution in [0, 0.1) is 0 Å². The molecule has 0 saturated carbocycles. The van der Waals surface area contributed by atoms with Gasteiger partial charge in [-0.2, -0.15) is 0 Å². The molecule has 1 unspecified atom stereocenters. The summed E-state index contributed by atoms with van der Waals surface area (Å²) in [5, 5.41) is 0. The van der Waals surface area contributed by atoms with Crippen molar-refractivity contribution in [1.29, 1.82) is 0 Å². The average Bonchev–Trinajstić information content (AvgIpc) is 2.79. The molecule has 2 nitrogen and oxygen atoms in total. The van der Waals surface area contributed by atoms with E-state index in [1.165, 1.54) is 95.5 Å². The lowest BCUT2D eigenvalue weighted by Crippen LogP contribution is -2.09. The lowest BCUT2D eigenvalue weighted by atomic mass is 9.91. The smallest absolute Gasteiger partial charge is 0.305 e. The fraction of sp³-hybridized carbons (Fsp3) is 0.759.